The Labute approximate surface area is 200 Å². The molecule has 6 heteroatoms. The van der Waals surface area contributed by atoms with Crippen molar-refractivity contribution in [2.24, 2.45) is 5.92 Å². The average molecular weight is 458 g/mol. The van der Waals surface area contributed by atoms with Crippen LogP contribution in [-0.2, 0) is 11.3 Å². The zero-order chi connectivity index (χ0) is 23.3. The zero-order valence-corrected chi connectivity index (χ0v) is 19.8. The Hall–Kier alpha value is -3.12. The zero-order valence-electron chi connectivity index (χ0n) is 19.8. The molecule has 3 aromatic rings. The van der Waals surface area contributed by atoms with Crippen LogP contribution in [0.3, 0.4) is 0 Å². The largest absolute Gasteiger partial charge is 0.487 e. The minimum atomic E-state index is -0.360. The van der Waals surface area contributed by atoms with E-state index in [0.717, 1.165) is 48.2 Å². The van der Waals surface area contributed by atoms with Gasteiger partial charge in [0.1, 0.15) is 11.4 Å². The molecule has 6 rings (SSSR count). The normalized spacial score (nSPS) is 27.2. The Morgan fingerprint density at radius 3 is 2.91 bits per heavy atom. The number of nitrogens with zero attached hydrogens (tertiary/aromatic N) is 3. The highest BCUT2D eigenvalue weighted by Crippen LogP contribution is 2.52. The van der Waals surface area contributed by atoms with Crippen molar-refractivity contribution < 1.29 is 14.3 Å². The highest BCUT2D eigenvalue weighted by molar-refractivity contribution is 5.94. The molecule has 2 aromatic carbocycles. The molecule has 0 bridgehead atoms. The highest BCUT2D eigenvalue weighted by Gasteiger charge is 2.52. The third-order valence-corrected chi connectivity index (χ3v) is 7.75. The van der Waals surface area contributed by atoms with E-state index in [2.05, 4.69) is 41.9 Å². The van der Waals surface area contributed by atoms with E-state index in [1.807, 2.05) is 41.1 Å². The number of carbonyl (C=O) groups is 1. The lowest BCUT2D eigenvalue weighted by Gasteiger charge is -2.54. The van der Waals surface area contributed by atoms with Crippen LogP contribution in [0, 0.1) is 5.92 Å². The summed E-state index contributed by atoms with van der Waals surface area (Å²) in [5.74, 6) is 1.20. The molecule has 0 radical (unpaired) electrons. The second-order valence-electron chi connectivity index (χ2n) is 10.3. The number of carbonyl (C=O) groups excluding carboxylic acids is 1. The van der Waals surface area contributed by atoms with Crippen molar-refractivity contribution in [2.75, 3.05) is 6.54 Å². The summed E-state index contributed by atoms with van der Waals surface area (Å²) in [7, 11) is 0. The number of fused-ring (bicyclic) bond motifs is 4. The number of para-hydroxylation sites is 1. The van der Waals surface area contributed by atoms with Gasteiger partial charge in [-0.1, -0.05) is 30.3 Å². The van der Waals surface area contributed by atoms with Crippen molar-refractivity contribution >= 4 is 5.91 Å². The first-order valence-corrected chi connectivity index (χ1v) is 12.3. The number of benzene rings is 2. The lowest BCUT2D eigenvalue weighted by molar-refractivity contribution is -0.183. The quantitative estimate of drug-likeness (QED) is 0.564. The van der Waals surface area contributed by atoms with Gasteiger partial charge >= 0.3 is 0 Å². The number of hydrogen-bond acceptors (Lipinski definition) is 4. The van der Waals surface area contributed by atoms with Crippen molar-refractivity contribution in [3.8, 4) is 5.75 Å². The smallest absolute Gasteiger partial charge is 0.254 e. The predicted molar refractivity (Wildman–Crippen MR) is 129 cm³/mol. The van der Waals surface area contributed by atoms with Crippen LogP contribution in [0.1, 0.15) is 60.7 Å². The number of rotatable bonds is 3. The molecular formula is C28H31N3O3. The van der Waals surface area contributed by atoms with E-state index in [4.69, 9.17) is 9.47 Å². The summed E-state index contributed by atoms with van der Waals surface area (Å²) in [4.78, 5) is 19.9. The van der Waals surface area contributed by atoms with Crippen LogP contribution in [0.15, 0.2) is 67.3 Å². The number of amides is 1. The molecular weight excluding hydrogens is 426 g/mol. The summed E-state index contributed by atoms with van der Waals surface area (Å²) >= 11 is 0. The maximum atomic E-state index is 13.7. The number of piperidine rings is 1. The summed E-state index contributed by atoms with van der Waals surface area (Å²) in [6, 6.07) is 16.3. The molecule has 0 saturated carbocycles. The van der Waals surface area contributed by atoms with Crippen LogP contribution in [0.2, 0.25) is 0 Å². The first-order valence-electron chi connectivity index (χ1n) is 12.3. The number of aromatic nitrogens is 2. The van der Waals surface area contributed by atoms with Crippen LogP contribution in [-0.4, -0.2) is 44.6 Å². The van der Waals surface area contributed by atoms with E-state index in [1.54, 1.807) is 12.5 Å². The molecule has 1 aromatic heterocycles. The lowest BCUT2D eigenvalue weighted by Crippen LogP contribution is -2.60. The topological polar surface area (TPSA) is 56.6 Å². The number of hydrogen-bond donors (Lipinski definition) is 0. The molecule has 0 aliphatic carbocycles. The van der Waals surface area contributed by atoms with Gasteiger partial charge in [-0.3, -0.25) is 4.79 Å². The van der Waals surface area contributed by atoms with Gasteiger partial charge in [0.05, 0.1) is 24.6 Å². The highest BCUT2D eigenvalue weighted by atomic mass is 16.5. The molecule has 1 amide bonds. The summed E-state index contributed by atoms with van der Waals surface area (Å²) in [5, 5.41) is 0. The summed E-state index contributed by atoms with van der Waals surface area (Å²) in [5.41, 5.74) is 2.61. The molecule has 0 spiro atoms. The van der Waals surface area contributed by atoms with Crippen LogP contribution in [0.4, 0.5) is 0 Å². The van der Waals surface area contributed by atoms with Crippen molar-refractivity contribution in [2.45, 2.75) is 63.5 Å². The molecule has 2 fully saturated rings. The Morgan fingerprint density at radius 2 is 2.06 bits per heavy atom. The van der Waals surface area contributed by atoms with Gasteiger partial charge in [-0.05, 0) is 56.9 Å². The molecule has 2 saturated heterocycles. The maximum Gasteiger partial charge on any atom is 0.254 e. The van der Waals surface area contributed by atoms with Gasteiger partial charge in [-0.15, -0.1) is 0 Å². The lowest BCUT2D eigenvalue weighted by atomic mass is 9.72. The molecule has 4 heterocycles. The third-order valence-electron chi connectivity index (χ3n) is 7.75. The third kappa shape index (κ3) is 3.70. The Kier molecular flexibility index (Phi) is 5.21. The Bertz CT molecular complexity index is 1190. The van der Waals surface area contributed by atoms with E-state index in [0.29, 0.717) is 6.54 Å². The molecule has 176 valence electrons. The van der Waals surface area contributed by atoms with E-state index >= 15 is 0 Å². The molecule has 4 atom stereocenters. The van der Waals surface area contributed by atoms with Crippen molar-refractivity contribution in [3.63, 3.8) is 0 Å². The Morgan fingerprint density at radius 1 is 1.18 bits per heavy atom. The van der Waals surface area contributed by atoms with E-state index in [-0.39, 0.29) is 35.7 Å². The molecule has 34 heavy (non-hydrogen) atoms. The minimum absolute atomic E-state index is 0.00904. The van der Waals surface area contributed by atoms with Crippen LogP contribution in [0.25, 0.3) is 0 Å². The van der Waals surface area contributed by atoms with Crippen LogP contribution in [0.5, 0.6) is 5.75 Å². The predicted octanol–water partition coefficient (Wildman–Crippen LogP) is 4.85. The van der Waals surface area contributed by atoms with Gasteiger partial charge in [0, 0.05) is 42.5 Å². The number of ether oxygens (including phenoxy) is 2. The fourth-order valence-electron chi connectivity index (χ4n) is 6.04. The number of imidazole rings is 1. The van der Waals surface area contributed by atoms with E-state index in [1.165, 1.54) is 0 Å². The summed E-state index contributed by atoms with van der Waals surface area (Å²) in [6.45, 7) is 5.77. The van der Waals surface area contributed by atoms with Crippen LogP contribution >= 0.6 is 0 Å². The fourth-order valence-corrected chi connectivity index (χ4v) is 6.04. The molecule has 3 aliphatic rings. The monoisotopic (exact) mass is 457 g/mol. The molecule has 3 aliphatic heterocycles. The second-order valence-corrected chi connectivity index (χ2v) is 10.3. The molecule has 0 N–H and O–H groups in total. The van der Waals surface area contributed by atoms with E-state index < -0.39 is 0 Å². The van der Waals surface area contributed by atoms with Gasteiger partial charge in [0.2, 0.25) is 0 Å². The van der Waals surface area contributed by atoms with Gasteiger partial charge < -0.3 is 18.9 Å². The fraction of sp³-hybridized carbons (Fsp3) is 0.429. The number of likely N-dealkylation sites (tertiary alicyclic amines) is 1. The van der Waals surface area contributed by atoms with Crippen molar-refractivity contribution in [3.05, 3.63) is 83.9 Å². The van der Waals surface area contributed by atoms with Gasteiger partial charge in [-0.25, -0.2) is 4.98 Å². The van der Waals surface area contributed by atoms with Gasteiger partial charge in [0.25, 0.3) is 5.91 Å². The van der Waals surface area contributed by atoms with Crippen molar-refractivity contribution in [1.82, 2.24) is 14.5 Å². The summed E-state index contributed by atoms with van der Waals surface area (Å²) < 4.78 is 15.2. The summed E-state index contributed by atoms with van der Waals surface area (Å²) in [6.07, 6.45) is 8.40. The second kappa shape index (κ2) is 8.27. The van der Waals surface area contributed by atoms with Crippen molar-refractivity contribution in [1.29, 1.82) is 0 Å². The Balaban J connectivity index is 1.26. The molecule has 6 nitrogen and oxygen atoms in total. The van der Waals surface area contributed by atoms with E-state index in [9.17, 15) is 4.79 Å². The van der Waals surface area contributed by atoms with Gasteiger partial charge in [0.15, 0.2) is 0 Å². The van der Waals surface area contributed by atoms with Crippen LogP contribution < -0.4 is 4.74 Å². The first kappa shape index (κ1) is 21.4. The first-order chi connectivity index (χ1) is 16.5. The maximum absolute atomic E-state index is 13.7. The van der Waals surface area contributed by atoms with Gasteiger partial charge in [-0.2, -0.15) is 0 Å². The SMILES string of the molecule is CC1(C)Oc2ccccc2[C@H]2O[C@H]3CCCN(C(=O)c4cccc(Cn5ccnc5)c4)[C@H]3C[C@@H]21. The average Bonchev–Trinajstić information content (AvgIpc) is 3.35. The molecule has 0 unspecified atom stereocenters. The minimum Gasteiger partial charge on any atom is -0.487 e. The standard InChI is InChI=1S/C28H31N3O3/c1-28(2)22-16-23-25(33-26(22)21-9-3-4-10-24(21)34-28)11-6-13-31(23)27(32)20-8-5-7-19(15-20)17-30-14-12-29-18-30/h3-5,7-10,12,14-15,18,22-23,25-26H,6,11,13,16-17H2,1-2H3/t22-,23-,25-,26+/m0/s1.